The van der Waals surface area contributed by atoms with Crippen molar-refractivity contribution in [3.63, 3.8) is 0 Å². The normalized spacial score (nSPS) is 10.4. The number of benzene rings is 1. The Labute approximate surface area is 116 Å². The van der Waals surface area contributed by atoms with Gasteiger partial charge in [-0.05, 0) is 18.2 Å². The molecule has 0 saturated carbocycles. The number of H-pyrrole nitrogens is 1. The average molecular weight is 275 g/mol. The number of ether oxygens (including phenoxy) is 1. The van der Waals surface area contributed by atoms with E-state index in [1.807, 2.05) is 6.07 Å². The molecule has 6 heteroatoms. The lowest BCUT2D eigenvalue weighted by Gasteiger charge is -2.11. The van der Waals surface area contributed by atoms with Crippen molar-refractivity contribution >= 4 is 22.9 Å². The van der Waals surface area contributed by atoms with Gasteiger partial charge in [0.2, 0.25) is 0 Å². The summed E-state index contributed by atoms with van der Waals surface area (Å²) >= 11 is 0. The summed E-state index contributed by atoms with van der Waals surface area (Å²) in [5.74, 6) is 0.293. The molecule has 106 valence electrons. The Bertz CT molecular complexity index is 659. The lowest BCUT2D eigenvalue weighted by molar-refractivity contribution is 0.0823. The maximum Gasteiger partial charge on any atom is 0.414 e. The number of aromatic nitrogens is 1. The average Bonchev–Trinajstić information content (AvgIpc) is 2.82. The van der Waals surface area contributed by atoms with Gasteiger partial charge < -0.3 is 19.5 Å². The first-order valence-electron chi connectivity index (χ1n) is 6.12. The second-order valence-corrected chi connectivity index (χ2v) is 4.86. The molecule has 2 amide bonds. The van der Waals surface area contributed by atoms with E-state index in [1.54, 1.807) is 46.4 Å². The highest BCUT2D eigenvalue weighted by Crippen LogP contribution is 2.27. The van der Waals surface area contributed by atoms with Gasteiger partial charge in [0.05, 0.1) is 0 Å². The first-order chi connectivity index (χ1) is 9.40. The minimum Gasteiger partial charge on any atom is -0.409 e. The Morgan fingerprint density at radius 3 is 2.40 bits per heavy atom. The molecule has 0 aliphatic rings. The van der Waals surface area contributed by atoms with E-state index >= 15 is 0 Å². The van der Waals surface area contributed by atoms with Gasteiger partial charge in [-0.3, -0.25) is 4.79 Å². The van der Waals surface area contributed by atoms with E-state index in [1.165, 1.54) is 9.80 Å². The van der Waals surface area contributed by atoms with Crippen molar-refractivity contribution in [3.05, 3.63) is 30.0 Å². The van der Waals surface area contributed by atoms with Gasteiger partial charge in [0.15, 0.2) is 0 Å². The van der Waals surface area contributed by atoms with Crippen molar-refractivity contribution in [2.45, 2.75) is 0 Å². The Morgan fingerprint density at radius 1 is 1.10 bits per heavy atom. The number of fused-ring (bicyclic) bond motifs is 1. The predicted octanol–water partition coefficient (Wildman–Crippen LogP) is 1.93. The summed E-state index contributed by atoms with van der Waals surface area (Å²) in [7, 11) is 6.59. The highest BCUT2D eigenvalue weighted by Gasteiger charge is 2.15. The molecule has 0 unspecified atom stereocenters. The largest absolute Gasteiger partial charge is 0.414 e. The van der Waals surface area contributed by atoms with Crippen LogP contribution in [0.2, 0.25) is 0 Å². The molecule has 6 nitrogen and oxygen atoms in total. The number of carbonyl (C=O) groups is 2. The van der Waals surface area contributed by atoms with Gasteiger partial charge in [0, 0.05) is 39.1 Å². The lowest BCUT2D eigenvalue weighted by Crippen LogP contribution is -2.25. The van der Waals surface area contributed by atoms with E-state index in [0.717, 1.165) is 5.52 Å². The van der Waals surface area contributed by atoms with Gasteiger partial charge in [-0.2, -0.15) is 0 Å². The monoisotopic (exact) mass is 275 g/mol. The maximum absolute atomic E-state index is 11.9. The topological polar surface area (TPSA) is 65.6 Å². The number of amides is 2. The number of hydrogen-bond donors (Lipinski definition) is 1. The smallest absolute Gasteiger partial charge is 0.409 e. The number of hydrogen-bond acceptors (Lipinski definition) is 3. The zero-order valence-corrected chi connectivity index (χ0v) is 11.9. The molecule has 0 aliphatic heterocycles. The van der Waals surface area contributed by atoms with Crippen LogP contribution in [0.25, 0.3) is 10.9 Å². The van der Waals surface area contributed by atoms with Crippen molar-refractivity contribution in [2.24, 2.45) is 0 Å². The molecule has 2 aromatic rings. The first kappa shape index (κ1) is 13.9. The highest BCUT2D eigenvalue weighted by molar-refractivity contribution is 5.99. The molecule has 1 N–H and O–H groups in total. The molecule has 0 bridgehead atoms. The minimum atomic E-state index is -0.459. The third kappa shape index (κ3) is 2.59. The van der Waals surface area contributed by atoms with Crippen LogP contribution in [-0.2, 0) is 0 Å². The Balaban J connectivity index is 2.42. The molecule has 0 aliphatic carbocycles. The molecule has 0 spiro atoms. The van der Waals surface area contributed by atoms with Crippen LogP contribution in [0.3, 0.4) is 0 Å². The lowest BCUT2D eigenvalue weighted by atomic mass is 10.2. The van der Waals surface area contributed by atoms with Crippen molar-refractivity contribution in [2.75, 3.05) is 28.2 Å². The third-order valence-corrected chi connectivity index (χ3v) is 2.82. The summed E-state index contributed by atoms with van der Waals surface area (Å²) in [6, 6.07) is 6.98. The van der Waals surface area contributed by atoms with Crippen LogP contribution >= 0.6 is 0 Å². The summed E-state index contributed by atoms with van der Waals surface area (Å²) < 4.78 is 5.28. The van der Waals surface area contributed by atoms with Crippen LogP contribution < -0.4 is 4.74 Å². The molecule has 1 aromatic heterocycles. The van der Waals surface area contributed by atoms with Crippen LogP contribution in [0.5, 0.6) is 5.75 Å². The second-order valence-electron chi connectivity index (χ2n) is 4.86. The molecule has 0 radical (unpaired) electrons. The van der Waals surface area contributed by atoms with Crippen LogP contribution in [0.4, 0.5) is 4.79 Å². The van der Waals surface area contributed by atoms with Crippen LogP contribution in [0.15, 0.2) is 24.3 Å². The summed E-state index contributed by atoms with van der Waals surface area (Å²) in [5.41, 5.74) is 1.21. The SMILES string of the molecule is CN(C)C(=O)Oc1cccc2[nH]c(C(=O)N(C)C)cc12. The molecule has 1 aromatic carbocycles. The van der Waals surface area contributed by atoms with E-state index in [9.17, 15) is 9.59 Å². The Morgan fingerprint density at radius 2 is 1.80 bits per heavy atom. The molecule has 0 atom stereocenters. The summed E-state index contributed by atoms with van der Waals surface area (Å²) in [6.07, 6.45) is -0.459. The number of rotatable bonds is 2. The van der Waals surface area contributed by atoms with E-state index in [4.69, 9.17) is 4.74 Å². The van der Waals surface area contributed by atoms with Crippen molar-refractivity contribution < 1.29 is 14.3 Å². The zero-order chi connectivity index (χ0) is 14.9. The summed E-state index contributed by atoms with van der Waals surface area (Å²) in [5, 5.41) is 0.702. The molecule has 20 heavy (non-hydrogen) atoms. The Kier molecular flexibility index (Phi) is 3.65. The van der Waals surface area contributed by atoms with Gasteiger partial charge in [0.1, 0.15) is 11.4 Å². The molecule has 0 fully saturated rings. The van der Waals surface area contributed by atoms with E-state index < -0.39 is 6.09 Å². The van der Waals surface area contributed by atoms with Crippen molar-refractivity contribution in [1.82, 2.24) is 14.8 Å². The fourth-order valence-electron chi connectivity index (χ4n) is 1.76. The molecule has 0 saturated heterocycles. The van der Waals surface area contributed by atoms with Gasteiger partial charge >= 0.3 is 6.09 Å². The summed E-state index contributed by atoms with van der Waals surface area (Å²) in [4.78, 5) is 29.4. The number of aromatic amines is 1. The van der Waals surface area contributed by atoms with Crippen LogP contribution in [-0.4, -0.2) is 55.0 Å². The van der Waals surface area contributed by atoms with Gasteiger partial charge in [-0.15, -0.1) is 0 Å². The van der Waals surface area contributed by atoms with Gasteiger partial charge in [-0.1, -0.05) is 6.07 Å². The quantitative estimate of drug-likeness (QED) is 0.910. The van der Waals surface area contributed by atoms with Crippen molar-refractivity contribution in [1.29, 1.82) is 0 Å². The second kappa shape index (κ2) is 5.24. The first-order valence-corrected chi connectivity index (χ1v) is 6.12. The fourth-order valence-corrected chi connectivity index (χ4v) is 1.76. The predicted molar refractivity (Wildman–Crippen MR) is 76.0 cm³/mol. The molecule has 1 heterocycles. The Hall–Kier alpha value is -2.50. The van der Waals surface area contributed by atoms with Crippen LogP contribution in [0, 0.1) is 0 Å². The van der Waals surface area contributed by atoms with E-state index in [-0.39, 0.29) is 5.91 Å². The highest BCUT2D eigenvalue weighted by atomic mass is 16.6. The number of nitrogens with one attached hydrogen (secondary N) is 1. The number of nitrogens with zero attached hydrogens (tertiary/aromatic N) is 2. The maximum atomic E-state index is 11.9. The standard InChI is InChI=1S/C14H17N3O3/c1-16(2)13(18)11-8-9-10(15-11)6-5-7-12(9)20-14(19)17(3)4/h5-8,15H,1-4H3. The van der Waals surface area contributed by atoms with Crippen LogP contribution in [0.1, 0.15) is 10.5 Å². The molecule has 2 rings (SSSR count). The third-order valence-electron chi connectivity index (χ3n) is 2.82. The summed E-state index contributed by atoms with van der Waals surface area (Å²) in [6.45, 7) is 0. The molecular weight excluding hydrogens is 258 g/mol. The molecular formula is C14H17N3O3. The van der Waals surface area contributed by atoms with Crippen molar-refractivity contribution in [3.8, 4) is 5.75 Å². The fraction of sp³-hybridized carbons (Fsp3) is 0.286. The number of carbonyl (C=O) groups excluding carboxylic acids is 2. The minimum absolute atomic E-state index is 0.133. The van der Waals surface area contributed by atoms with E-state index in [2.05, 4.69) is 4.98 Å². The van der Waals surface area contributed by atoms with E-state index in [0.29, 0.717) is 16.8 Å². The van der Waals surface area contributed by atoms with Gasteiger partial charge in [0.25, 0.3) is 5.91 Å². The van der Waals surface area contributed by atoms with Gasteiger partial charge in [-0.25, -0.2) is 4.79 Å². The zero-order valence-electron chi connectivity index (χ0n) is 11.9.